The van der Waals surface area contributed by atoms with E-state index in [0.29, 0.717) is 5.92 Å². The Kier molecular flexibility index (Phi) is 12.3. The van der Waals surface area contributed by atoms with Gasteiger partial charge in [0, 0.05) is 63.4 Å². The number of aryl methyl sites for hydroxylation is 2. The second-order valence-corrected chi connectivity index (χ2v) is 15.6. The molecule has 0 fully saturated rings. The van der Waals surface area contributed by atoms with Gasteiger partial charge < -0.3 is 5.11 Å². The van der Waals surface area contributed by atoms with Gasteiger partial charge in [-0.3, -0.25) is 9.78 Å². The van der Waals surface area contributed by atoms with Crippen molar-refractivity contribution in [2.24, 2.45) is 11.8 Å². The average molecular weight is 848 g/mol. The third kappa shape index (κ3) is 7.02. The second-order valence-electron chi connectivity index (χ2n) is 12.0. The molecule has 0 saturated heterocycles. The first-order valence-electron chi connectivity index (χ1n) is 16.1. The molecule has 0 aliphatic carbocycles. The first-order valence-corrected chi connectivity index (χ1v) is 18.5. The Hall–Kier alpha value is -2.48. The molecule has 0 aliphatic heterocycles. The number of carbonyl (C=O) groups excluding carboxylic acids is 1. The number of nitrogens with zero attached hydrogens (tertiary/aromatic N) is 2. The van der Waals surface area contributed by atoms with E-state index in [4.69, 9.17) is 4.98 Å². The predicted molar refractivity (Wildman–Crippen MR) is 197 cm³/mol. The third-order valence-corrected chi connectivity index (χ3v) is 12.5. The van der Waals surface area contributed by atoms with Crippen molar-refractivity contribution in [3.63, 3.8) is 0 Å². The number of hydrogen-bond donors (Lipinski definition) is 1. The maximum Gasteiger partial charge on any atom is 0.162 e. The summed E-state index contributed by atoms with van der Waals surface area (Å²) in [6.45, 7) is 17.1. The zero-order valence-electron chi connectivity index (χ0n) is 27.9. The van der Waals surface area contributed by atoms with Crippen LogP contribution in [0.3, 0.4) is 0 Å². The minimum absolute atomic E-state index is 0. The number of aromatic nitrogens is 2. The molecule has 4 aromatic heterocycles. The van der Waals surface area contributed by atoms with Gasteiger partial charge in [0.05, 0.1) is 15.3 Å². The first kappa shape index (κ1) is 36.4. The van der Waals surface area contributed by atoms with E-state index in [2.05, 4.69) is 69.1 Å². The summed E-state index contributed by atoms with van der Waals surface area (Å²) in [7, 11) is 0. The number of ketones is 1. The molecule has 0 saturated carbocycles. The number of allylic oxidation sites excluding steroid dienone is 2. The predicted octanol–water partition coefficient (Wildman–Crippen LogP) is 12.3. The number of thiophene rings is 3. The van der Waals surface area contributed by atoms with Crippen molar-refractivity contribution in [1.29, 1.82) is 0 Å². The van der Waals surface area contributed by atoms with Crippen LogP contribution in [0.1, 0.15) is 89.1 Å². The molecule has 6 aromatic rings. The minimum Gasteiger partial charge on any atom is -0.512 e. The van der Waals surface area contributed by atoms with Crippen molar-refractivity contribution in [2.75, 3.05) is 0 Å². The van der Waals surface area contributed by atoms with Crippen LogP contribution in [0, 0.1) is 31.7 Å². The summed E-state index contributed by atoms with van der Waals surface area (Å²) < 4.78 is 5.05. The van der Waals surface area contributed by atoms with Crippen molar-refractivity contribution >= 4 is 79.6 Å². The van der Waals surface area contributed by atoms with E-state index in [1.807, 2.05) is 50.4 Å². The van der Waals surface area contributed by atoms with Crippen LogP contribution in [0.15, 0.2) is 48.5 Å². The fourth-order valence-electron chi connectivity index (χ4n) is 6.04. The monoisotopic (exact) mass is 848 g/mol. The van der Waals surface area contributed by atoms with Gasteiger partial charge in [0.1, 0.15) is 6.33 Å². The Morgan fingerprint density at radius 2 is 1.61 bits per heavy atom. The summed E-state index contributed by atoms with van der Waals surface area (Å²) in [6, 6.07) is 14.5. The van der Waals surface area contributed by atoms with Crippen molar-refractivity contribution < 1.29 is 30.0 Å². The van der Waals surface area contributed by atoms with Crippen molar-refractivity contribution in [3.8, 4) is 11.3 Å². The molecular formula is C38H43IrN2O2S3-. The molecule has 0 atom stereocenters. The fraction of sp³-hybridized carbons (Fsp3) is 0.395. The summed E-state index contributed by atoms with van der Waals surface area (Å²) in [5.74, 6) is 0.976. The van der Waals surface area contributed by atoms with Crippen LogP contribution < -0.4 is 0 Å². The molecule has 1 N–H and O–H groups in total. The number of aliphatic hydroxyl groups is 1. The van der Waals surface area contributed by atoms with E-state index < -0.39 is 0 Å². The van der Waals surface area contributed by atoms with Crippen molar-refractivity contribution in [1.82, 2.24) is 9.97 Å². The van der Waals surface area contributed by atoms with E-state index in [0.717, 1.165) is 47.2 Å². The van der Waals surface area contributed by atoms with Gasteiger partial charge in [-0.25, -0.2) is 4.98 Å². The Morgan fingerprint density at radius 3 is 2.26 bits per heavy atom. The van der Waals surface area contributed by atoms with Gasteiger partial charge in [-0.1, -0.05) is 65.1 Å². The maximum atomic E-state index is 11.7. The molecule has 0 spiro atoms. The van der Waals surface area contributed by atoms with E-state index in [1.165, 1.54) is 51.7 Å². The van der Waals surface area contributed by atoms with Gasteiger partial charge >= 0.3 is 0 Å². The van der Waals surface area contributed by atoms with Crippen LogP contribution in [-0.4, -0.2) is 20.9 Å². The average Bonchev–Trinajstić information content (AvgIpc) is 3.67. The molecule has 0 amide bonds. The zero-order chi connectivity index (χ0) is 32.4. The Balaban J connectivity index is 0.000000259. The summed E-state index contributed by atoms with van der Waals surface area (Å²) in [5, 5.41) is 13.8. The van der Waals surface area contributed by atoms with E-state index in [9.17, 15) is 9.90 Å². The van der Waals surface area contributed by atoms with Crippen LogP contribution in [0.25, 0.3) is 51.0 Å². The number of aliphatic hydroxyl groups excluding tert-OH is 1. The zero-order valence-corrected chi connectivity index (χ0v) is 32.8. The minimum atomic E-state index is 0. The maximum absolute atomic E-state index is 11.7. The second kappa shape index (κ2) is 15.6. The number of hydrogen-bond acceptors (Lipinski definition) is 7. The summed E-state index contributed by atoms with van der Waals surface area (Å²) >= 11 is 5.55. The van der Waals surface area contributed by atoms with E-state index in [-0.39, 0.29) is 43.5 Å². The molecule has 0 bridgehead atoms. The normalized spacial score (nSPS) is 12.1. The summed E-state index contributed by atoms with van der Waals surface area (Å²) in [6.07, 6.45) is 6.61. The molecule has 8 heteroatoms. The number of fused-ring (bicyclic) bond motifs is 6. The molecule has 4 nitrogen and oxygen atoms in total. The van der Waals surface area contributed by atoms with Crippen molar-refractivity contribution in [2.45, 2.75) is 87.0 Å². The van der Waals surface area contributed by atoms with E-state index in [1.54, 1.807) is 17.7 Å². The van der Waals surface area contributed by atoms with Crippen molar-refractivity contribution in [3.05, 3.63) is 70.6 Å². The molecule has 46 heavy (non-hydrogen) atoms. The smallest absolute Gasteiger partial charge is 0.162 e. The standard InChI is InChI=1S/C25H19N2S3.C13H24O2.Ir/c1-12(2)17-9-15(10-19-21(17)20-13(3)14(4)28-25(20)30-19)22-24-23(27-11-26-22)16-7-5-6-8-18(16)29-24;1-5-10(6-2)12(14)9-13(15)11(7-3)8-4;/h5-9,11-12H,1-4H3;9-11,14H,5-8H2,1-4H3;/q-1;;/b;12-9-;. The van der Waals surface area contributed by atoms with E-state index >= 15 is 0 Å². The van der Waals surface area contributed by atoms with Gasteiger partial charge in [-0.05, 0) is 67.2 Å². The van der Waals surface area contributed by atoms with Gasteiger partial charge in [-0.2, -0.15) is 0 Å². The van der Waals surface area contributed by atoms with Crippen LogP contribution in [0.5, 0.6) is 0 Å². The van der Waals surface area contributed by atoms with Crippen LogP contribution in [0.4, 0.5) is 0 Å². The molecule has 245 valence electrons. The number of carbonyl (C=O) groups is 1. The molecular weight excluding hydrogens is 805 g/mol. The molecule has 4 heterocycles. The molecule has 0 aliphatic rings. The quantitative estimate of drug-likeness (QED) is 0.0894. The Morgan fingerprint density at radius 1 is 0.935 bits per heavy atom. The van der Waals surface area contributed by atoms with Gasteiger partial charge in [0.15, 0.2) is 5.78 Å². The Labute approximate surface area is 298 Å². The van der Waals surface area contributed by atoms with Crippen LogP contribution in [0.2, 0.25) is 0 Å². The summed E-state index contributed by atoms with van der Waals surface area (Å²) in [4.78, 5) is 22.5. The number of rotatable bonds is 9. The Bertz CT molecular complexity index is 2010. The molecule has 2 aromatic carbocycles. The van der Waals surface area contributed by atoms with Gasteiger partial charge in [0.2, 0.25) is 0 Å². The SMILES string of the molecule is CCC(CC)C(=O)/C=C(\O)C(CC)CC.Cc1sc2sc3[c-]c(-c4ncnc5c4sc4ccccc45)cc(C(C)C)c3c2c1C.[Ir]. The molecule has 0 unspecified atom stereocenters. The summed E-state index contributed by atoms with van der Waals surface area (Å²) in [5.41, 5.74) is 5.92. The largest absolute Gasteiger partial charge is 0.512 e. The van der Waals surface area contributed by atoms with Crippen LogP contribution in [-0.2, 0) is 24.9 Å². The number of benzene rings is 2. The fourth-order valence-corrected chi connectivity index (χ4v) is 9.91. The third-order valence-electron chi connectivity index (χ3n) is 8.98. The molecule has 1 radical (unpaired) electrons. The first-order chi connectivity index (χ1) is 21.6. The molecule has 6 rings (SSSR count). The van der Waals surface area contributed by atoms with Gasteiger partial charge in [-0.15, -0.1) is 57.3 Å². The van der Waals surface area contributed by atoms with Crippen LogP contribution >= 0.6 is 34.0 Å². The van der Waals surface area contributed by atoms with Gasteiger partial charge in [0.25, 0.3) is 0 Å². The topological polar surface area (TPSA) is 63.1 Å².